The first-order valence-corrected chi connectivity index (χ1v) is 8.18. The van der Waals surface area contributed by atoms with Gasteiger partial charge in [0.1, 0.15) is 0 Å². The van der Waals surface area contributed by atoms with Crippen molar-refractivity contribution < 1.29 is 18.3 Å². The maximum Gasteiger partial charge on any atom is 0.418 e. The highest BCUT2D eigenvalue weighted by molar-refractivity contribution is 5.86. The Hall–Kier alpha value is -1.66. The summed E-state index contributed by atoms with van der Waals surface area (Å²) in [7, 11) is 0. The minimum atomic E-state index is -4.41. The number of aliphatic hydroxyl groups excluding tert-OH is 1. The van der Waals surface area contributed by atoms with Crippen LogP contribution in [0.4, 0.5) is 13.2 Å². The van der Waals surface area contributed by atoms with E-state index in [1.54, 1.807) is 18.2 Å². The zero-order chi connectivity index (χ0) is 17.3. The van der Waals surface area contributed by atoms with E-state index in [1.165, 1.54) is 6.20 Å². The zero-order valence-corrected chi connectivity index (χ0v) is 13.6. The van der Waals surface area contributed by atoms with Gasteiger partial charge < -0.3 is 10.0 Å². The lowest BCUT2D eigenvalue weighted by molar-refractivity contribution is -0.136. The first-order chi connectivity index (χ1) is 11.4. The van der Waals surface area contributed by atoms with Crippen LogP contribution in [0.1, 0.15) is 30.4 Å². The number of likely N-dealkylation sites (tertiary alicyclic amines) is 1. The number of hydrogen-bond acceptors (Lipinski definition) is 3. The van der Waals surface area contributed by atoms with Crippen molar-refractivity contribution in [1.29, 1.82) is 0 Å². The van der Waals surface area contributed by atoms with Crippen LogP contribution in [0.3, 0.4) is 0 Å². The number of piperidine rings is 1. The van der Waals surface area contributed by atoms with Gasteiger partial charge in [-0.15, -0.1) is 0 Å². The number of β-amino-alcohol motifs (C(OH)–C–C–N with tert-alkyl or cyclic N) is 1. The van der Waals surface area contributed by atoms with E-state index < -0.39 is 11.7 Å². The van der Waals surface area contributed by atoms with Crippen molar-refractivity contribution in [1.82, 2.24) is 9.88 Å². The molecule has 1 aliphatic rings. The van der Waals surface area contributed by atoms with Crippen LogP contribution in [0.2, 0.25) is 0 Å². The van der Waals surface area contributed by atoms with Crippen molar-refractivity contribution in [3.8, 4) is 0 Å². The van der Waals surface area contributed by atoms with Crippen LogP contribution in [-0.4, -0.2) is 41.2 Å². The molecule has 0 saturated carbocycles. The van der Waals surface area contributed by atoms with Crippen LogP contribution in [0.5, 0.6) is 0 Å². The van der Waals surface area contributed by atoms with Crippen molar-refractivity contribution >= 4 is 10.9 Å². The Bertz CT molecular complexity index is 717. The Balaban J connectivity index is 2.04. The molecule has 0 radical (unpaired) electrons. The molecule has 2 aromatic rings. The Morgan fingerprint density at radius 2 is 2.04 bits per heavy atom. The van der Waals surface area contributed by atoms with Gasteiger partial charge in [-0.3, -0.25) is 4.98 Å². The highest BCUT2D eigenvalue weighted by atomic mass is 19.4. The molecule has 6 heteroatoms. The third-order valence-electron chi connectivity index (χ3n) is 4.70. The molecule has 0 bridgehead atoms. The Morgan fingerprint density at radius 1 is 1.25 bits per heavy atom. The lowest BCUT2D eigenvalue weighted by atomic mass is 9.83. The molecule has 0 aliphatic carbocycles. The molecule has 2 heterocycles. The van der Waals surface area contributed by atoms with Gasteiger partial charge in [-0.1, -0.05) is 19.1 Å². The molecule has 3 rings (SSSR count). The molecule has 1 saturated heterocycles. The maximum atomic E-state index is 13.2. The molecule has 1 N–H and O–H groups in total. The predicted octanol–water partition coefficient (Wildman–Crippen LogP) is 3.67. The number of alkyl halides is 3. The fourth-order valence-corrected chi connectivity index (χ4v) is 3.79. The number of aliphatic hydroxyl groups is 1. The topological polar surface area (TPSA) is 36.4 Å². The van der Waals surface area contributed by atoms with Crippen molar-refractivity contribution in [3.63, 3.8) is 0 Å². The smallest absolute Gasteiger partial charge is 0.395 e. The Labute approximate surface area is 139 Å². The van der Waals surface area contributed by atoms with Gasteiger partial charge in [0.25, 0.3) is 0 Å². The second-order valence-corrected chi connectivity index (χ2v) is 6.62. The number of rotatable bonds is 3. The van der Waals surface area contributed by atoms with Crippen LogP contribution < -0.4 is 0 Å². The third kappa shape index (κ3) is 3.39. The summed E-state index contributed by atoms with van der Waals surface area (Å²) in [6.07, 6.45) is -2.08. The Kier molecular flexibility index (Phi) is 4.78. The SMILES string of the molecule is C[C@@H]1C[C@H](c2ccc(C(F)(F)F)c3ncccc23)CN(CCO)C1. The lowest BCUT2D eigenvalue weighted by Gasteiger charge is -2.37. The zero-order valence-electron chi connectivity index (χ0n) is 13.6. The summed E-state index contributed by atoms with van der Waals surface area (Å²) in [5.74, 6) is 0.582. The quantitative estimate of drug-likeness (QED) is 0.928. The van der Waals surface area contributed by atoms with Crippen LogP contribution >= 0.6 is 0 Å². The van der Waals surface area contributed by atoms with Crippen molar-refractivity contribution in [2.24, 2.45) is 5.92 Å². The third-order valence-corrected chi connectivity index (χ3v) is 4.70. The first kappa shape index (κ1) is 17.2. The summed E-state index contributed by atoms with van der Waals surface area (Å²) in [4.78, 5) is 6.18. The van der Waals surface area contributed by atoms with Gasteiger partial charge in [0, 0.05) is 31.2 Å². The van der Waals surface area contributed by atoms with Gasteiger partial charge >= 0.3 is 6.18 Å². The second-order valence-electron chi connectivity index (χ2n) is 6.62. The van der Waals surface area contributed by atoms with Crippen LogP contribution in [0.15, 0.2) is 30.5 Å². The normalized spacial score (nSPS) is 22.9. The molecule has 0 unspecified atom stereocenters. The monoisotopic (exact) mass is 338 g/mol. The standard InChI is InChI=1S/C18H21F3N2O/c1-12-9-13(11-23(10-12)7-8-24)14-4-5-16(18(19,20)21)17-15(14)3-2-6-22-17/h2-6,12-13,24H,7-11H2,1H3/t12-,13+/m1/s1. The number of aromatic nitrogens is 1. The molecule has 130 valence electrons. The summed E-state index contributed by atoms with van der Waals surface area (Å²) >= 11 is 0. The van der Waals surface area contributed by atoms with E-state index in [9.17, 15) is 18.3 Å². The minimum absolute atomic E-state index is 0.0226. The average molecular weight is 338 g/mol. The number of halogens is 3. The molecule has 1 aromatic heterocycles. The van der Waals surface area contributed by atoms with Crippen LogP contribution in [0, 0.1) is 5.92 Å². The minimum Gasteiger partial charge on any atom is -0.395 e. The van der Waals surface area contributed by atoms with Crippen LogP contribution in [-0.2, 0) is 6.18 Å². The first-order valence-electron chi connectivity index (χ1n) is 8.18. The van der Waals surface area contributed by atoms with Gasteiger partial charge in [-0.25, -0.2) is 0 Å². The summed E-state index contributed by atoms with van der Waals surface area (Å²) in [5.41, 5.74) is 0.257. The van der Waals surface area contributed by atoms with Crippen molar-refractivity contribution in [2.45, 2.75) is 25.4 Å². The van der Waals surface area contributed by atoms with Gasteiger partial charge in [0.05, 0.1) is 17.7 Å². The molecular weight excluding hydrogens is 317 g/mol. The summed E-state index contributed by atoms with van der Waals surface area (Å²) < 4.78 is 39.7. The molecule has 2 atom stereocenters. The Morgan fingerprint density at radius 3 is 2.75 bits per heavy atom. The van der Waals surface area contributed by atoms with E-state index in [0.29, 0.717) is 17.8 Å². The molecule has 0 amide bonds. The van der Waals surface area contributed by atoms with E-state index in [2.05, 4.69) is 16.8 Å². The molecule has 0 spiro atoms. The second kappa shape index (κ2) is 6.69. The van der Waals surface area contributed by atoms with Gasteiger partial charge in [0.15, 0.2) is 0 Å². The molecule has 3 nitrogen and oxygen atoms in total. The molecule has 1 fully saturated rings. The fourth-order valence-electron chi connectivity index (χ4n) is 3.79. The molecule has 1 aliphatic heterocycles. The number of pyridine rings is 1. The highest BCUT2D eigenvalue weighted by Gasteiger charge is 2.35. The highest BCUT2D eigenvalue weighted by Crippen LogP contribution is 2.39. The van der Waals surface area contributed by atoms with E-state index in [0.717, 1.165) is 31.1 Å². The maximum absolute atomic E-state index is 13.2. The molecule has 24 heavy (non-hydrogen) atoms. The van der Waals surface area contributed by atoms with Crippen molar-refractivity contribution in [2.75, 3.05) is 26.2 Å². The summed E-state index contributed by atoms with van der Waals surface area (Å²) in [5, 5.41) is 9.76. The number of fused-ring (bicyclic) bond motifs is 1. The average Bonchev–Trinajstić information content (AvgIpc) is 2.52. The molecular formula is C18H21F3N2O. The van der Waals surface area contributed by atoms with Crippen LogP contribution in [0.25, 0.3) is 10.9 Å². The fraction of sp³-hybridized carbons (Fsp3) is 0.500. The van der Waals surface area contributed by atoms with E-state index in [4.69, 9.17) is 0 Å². The van der Waals surface area contributed by atoms with Gasteiger partial charge in [-0.05, 0) is 36.0 Å². The number of nitrogens with zero attached hydrogens (tertiary/aromatic N) is 2. The predicted molar refractivity (Wildman–Crippen MR) is 86.8 cm³/mol. The van der Waals surface area contributed by atoms with E-state index in [1.807, 2.05) is 0 Å². The van der Waals surface area contributed by atoms with Gasteiger partial charge in [0.2, 0.25) is 0 Å². The largest absolute Gasteiger partial charge is 0.418 e. The van der Waals surface area contributed by atoms with E-state index >= 15 is 0 Å². The summed E-state index contributed by atoms with van der Waals surface area (Å²) in [6, 6.07) is 6.17. The lowest BCUT2D eigenvalue weighted by Crippen LogP contribution is -2.40. The van der Waals surface area contributed by atoms with Gasteiger partial charge in [-0.2, -0.15) is 13.2 Å². The van der Waals surface area contributed by atoms with Crippen molar-refractivity contribution in [3.05, 3.63) is 41.6 Å². The van der Waals surface area contributed by atoms with E-state index in [-0.39, 0.29) is 18.0 Å². The number of benzene rings is 1. The molecule has 1 aromatic carbocycles. The summed E-state index contributed by atoms with van der Waals surface area (Å²) in [6.45, 7) is 4.49. The number of hydrogen-bond donors (Lipinski definition) is 1.